The van der Waals surface area contributed by atoms with Gasteiger partial charge in [0.15, 0.2) is 0 Å². The van der Waals surface area contributed by atoms with Crippen LogP contribution in [0.5, 0.6) is 0 Å². The van der Waals surface area contributed by atoms with Crippen molar-refractivity contribution in [2.24, 2.45) is 5.41 Å². The molecule has 0 aromatic rings. The molecule has 0 spiro atoms. The van der Waals surface area contributed by atoms with Crippen LogP contribution in [0.25, 0.3) is 0 Å². The summed E-state index contributed by atoms with van der Waals surface area (Å²) in [6.45, 7) is 0. The molecule has 13 heavy (non-hydrogen) atoms. The number of hydrogen-bond donors (Lipinski definition) is 0. The van der Waals surface area contributed by atoms with Crippen molar-refractivity contribution in [2.45, 2.75) is 44.9 Å². The first-order valence-electron chi connectivity index (χ1n) is 4.94. The van der Waals surface area contributed by atoms with Crippen LogP contribution in [0.15, 0.2) is 0 Å². The molecule has 0 heterocycles. The molecule has 0 N–H and O–H groups in total. The van der Waals surface area contributed by atoms with Gasteiger partial charge in [0.1, 0.15) is 0 Å². The van der Waals surface area contributed by atoms with E-state index in [0.29, 0.717) is 0 Å². The van der Waals surface area contributed by atoms with Crippen LogP contribution >= 0.6 is 15.9 Å². The fourth-order valence-electron chi connectivity index (χ4n) is 2.32. The Kier molecular flexibility index (Phi) is 4.23. The highest BCUT2D eigenvalue weighted by atomic mass is 79.9. The summed E-state index contributed by atoms with van der Waals surface area (Å²) < 4.78 is 0. The van der Waals surface area contributed by atoms with E-state index in [0.717, 1.165) is 24.6 Å². The molecule has 2 nitrogen and oxygen atoms in total. The molecule has 0 aromatic carbocycles. The minimum Gasteiger partial charge on any atom is -0.550 e. The zero-order valence-electron chi connectivity index (χ0n) is 7.85. The van der Waals surface area contributed by atoms with Gasteiger partial charge in [0.25, 0.3) is 0 Å². The Morgan fingerprint density at radius 1 is 1.31 bits per heavy atom. The van der Waals surface area contributed by atoms with Crippen LogP contribution < -0.4 is 5.11 Å². The quantitative estimate of drug-likeness (QED) is 0.712. The van der Waals surface area contributed by atoms with E-state index >= 15 is 0 Å². The van der Waals surface area contributed by atoms with Crippen LogP contribution in [0.4, 0.5) is 0 Å². The van der Waals surface area contributed by atoms with Gasteiger partial charge in [0, 0.05) is 11.3 Å². The summed E-state index contributed by atoms with van der Waals surface area (Å²) in [6.07, 6.45) is 6.97. The predicted octanol–water partition coefficient (Wildman–Crippen LogP) is 1.86. The van der Waals surface area contributed by atoms with Gasteiger partial charge < -0.3 is 9.90 Å². The molecular weight excluding hydrogens is 232 g/mol. The van der Waals surface area contributed by atoms with Gasteiger partial charge in [-0.25, -0.2) is 0 Å². The highest BCUT2D eigenvalue weighted by Gasteiger charge is 2.31. The maximum absolute atomic E-state index is 10.6. The highest BCUT2D eigenvalue weighted by Crippen LogP contribution is 2.42. The van der Waals surface area contributed by atoms with Crippen molar-refractivity contribution in [3.63, 3.8) is 0 Å². The number of aliphatic carboxylic acids is 1. The lowest BCUT2D eigenvalue weighted by Gasteiger charge is -2.37. The first kappa shape index (κ1) is 11.0. The van der Waals surface area contributed by atoms with Crippen LogP contribution in [0.2, 0.25) is 0 Å². The molecule has 76 valence electrons. The number of carbonyl (C=O) groups excluding carboxylic acids is 1. The van der Waals surface area contributed by atoms with Crippen molar-refractivity contribution in [3.05, 3.63) is 0 Å². The van der Waals surface area contributed by atoms with Crippen LogP contribution in [0.1, 0.15) is 44.9 Å². The van der Waals surface area contributed by atoms with E-state index in [1.807, 2.05) is 0 Å². The molecule has 1 saturated carbocycles. The van der Waals surface area contributed by atoms with Gasteiger partial charge >= 0.3 is 0 Å². The van der Waals surface area contributed by atoms with Gasteiger partial charge in [-0.3, -0.25) is 0 Å². The summed E-state index contributed by atoms with van der Waals surface area (Å²) in [5, 5.41) is 11.5. The molecule has 0 radical (unpaired) electrons. The predicted molar refractivity (Wildman–Crippen MR) is 53.6 cm³/mol. The lowest BCUT2D eigenvalue weighted by molar-refractivity contribution is -0.308. The Bertz CT molecular complexity index is 168. The topological polar surface area (TPSA) is 40.1 Å². The van der Waals surface area contributed by atoms with E-state index in [4.69, 9.17) is 0 Å². The normalized spacial score (nSPS) is 21.3. The zero-order valence-corrected chi connectivity index (χ0v) is 9.44. The molecule has 1 rings (SSSR count). The molecule has 1 aliphatic carbocycles. The fraction of sp³-hybridized carbons (Fsp3) is 0.900. The van der Waals surface area contributed by atoms with Crippen molar-refractivity contribution in [2.75, 3.05) is 5.33 Å². The van der Waals surface area contributed by atoms with Crippen molar-refractivity contribution in [3.8, 4) is 0 Å². The smallest absolute Gasteiger partial charge is 0.0419 e. The minimum atomic E-state index is -0.886. The Morgan fingerprint density at radius 3 is 2.38 bits per heavy atom. The lowest BCUT2D eigenvalue weighted by atomic mass is 9.70. The molecule has 3 heteroatoms. The average molecular weight is 248 g/mol. The molecule has 0 aromatic heterocycles. The Labute approximate surface area is 87.8 Å². The van der Waals surface area contributed by atoms with E-state index in [1.54, 1.807) is 0 Å². The number of alkyl halides is 1. The fourth-order valence-corrected chi connectivity index (χ4v) is 3.16. The molecule has 0 saturated heterocycles. The van der Waals surface area contributed by atoms with E-state index in [-0.39, 0.29) is 11.8 Å². The van der Waals surface area contributed by atoms with Gasteiger partial charge in [-0.05, 0) is 31.1 Å². The molecule has 0 unspecified atom stereocenters. The van der Waals surface area contributed by atoms with Gasteiger partial charge in [-0.1, -0.05) is 35.2 Å². The number of hydrogen-bond acceptors (Lipinski definition) is 2. The van der Waals surface area contributed by atoms with Crippen LogP contribution in [0, 0.1) is 5.41 Å². The van der Waals surface area contributed by atoms with E-state index in [2.05, 4.69) is 15.9 Å². The molecule has 0 bridgehead atoms. The second-order valence-corrected chi connectivity index (χ2v) is 4.84. The molecule has 0 atom stereocenters. The maximum Gasteiger partial charge on any atom is 0.0419 e. The molecule has 0 aliphatic heterocycles. The summed E-state index contributed by atoms with van der Waals surface area (Å²) in [7, 11) is 0. The van der Waals surface area contributed by atoms with Gasteiger partial charge in [-0.2, -0.15) is 0 Å². The SMILES string of the molecule is O=C([O-])CC1(CCBr)CCCCC1. The average Bonchev–Trinajstić information content (AvgIpc) is 2.04. The van der Waals surface area contributed by atoms with E-state index < -0.39 is 5.97 Å². The Hall–Kier alpha value is -0.0500. The third-order valence-corrected chi connectivity index (χ3v) is 3.45. The van der Waals surface area contributed by atoms with Crippen LogP contribution in [-0.4, -0.2) is 11.3 Å². The zero-order chi connectivity index (χ0) is 9.73. The summed E-state index contributed by atoms with van der Waals surface area (Å²) >= 11 is 3.40. The third-order valence-electron chi connectivity index (χ3n) is 3.06. The van der Waals surface area contributed by atoms with E-state index in [9.17, 15) is 9.90 Å². The highest BCUT2D eigenvalue weighted by molar-refractivity contribution is 9.09. The van der Waals surface area contributed by atoms with E-state index in [1.165, 1.54) is 19.3 Å². The lowest BCUT2D eigenvalue weighted by Crippen LogP contribution is -2.34. The van der Waals surface area contributed by atoms with Crippen molar-refractivity contribution in [1.82, 2.24) is 0 Å². The van der Waals surface area contributed by atoms with Crippen LogP contribution in [0.3, 0.4) is 0 Å². The first-order chi connectivity index (χ1) is 6.18. The molecule has 1 fully saturated rings. The second-order valence-electron chi connectivity index (χ2n) is 4.05. The molecular formula is C10H16BrO2-. The van der Waals surface area contributed by atoms with Crippen molar-refractivity contribution >= 4 is 21.9 Å². The Morgan fingerprint density at radius 2 is 1.92 bits per heavy atom. The van der Waals surface area contributed by atoms with Crippen molar-refractivity contribution < 1.29 is 9.90 Å². The number of halogens is 1. The number of carboxylic acids is 1. The third kappa shape index (κ3) is 3.29. The van der Waals surface area contributed by atoms with Gasteiger partial charge in [-0.15, -0.1) is 0 Å². The number of carboxylic acid groups (broad SMARTS) is 1. The largest absolute Gasteiger partial charge is 0.550 e. The van der Waals surface area contributed by atoms with Crippen molar-refractivity contribution in [1.29, 1.82) is 0 Å². The Balaban J connectivity index is 2.55. The first-order valence-corrected chi connectivity index (χ1v) is 6.06. The minimum absolute atomic E-state index is 0.0422. The number of rotatable bonds is 4. The monoisotopic (exact) mass is 247 g/mol. The molecule has 1 aliphatic rings. The second kappa shape index (κ2) is 4.99. The van der Waals surface area contributed by atoms with Gasteiger partial charge in [0.2, 0.25) is 0 Å². The summed E-state index contributed by atoms with van der Waals surface area (Å²) in [5.41, 5.74) is 0.0422. The number of carbonyl (C=O) groups is 1. The molecule has 0 amide bonds. The summed E-state index contributed by atoms with van der Waals surface area (Å²) in [5.74, 6) is -0.886. The van der Waals surface area contributed by atoms with Gasteiger partial charge in [0.05, 0.1) is 0 Å². The standard InChI is InChI=1S/C10H17BrO2/c11-7-6-10(8-9(12)13)4-2-1-3-5-10/h1-8H2,(H,12,13)/p-1. The maximum atomic E-state index is 10.6. The summed E-state index contributed by atoms with van der Waals surface area (Å²) in [6, 6.07) is 0. The summed E-state index contributed by atoms with van der Waals surface area (Å²) in [4.78, 5) is 10.6. The van der Waals surface area contributed by atoms with Crippen LogP contribution in [-0.2, 0) is 4.79 Å².